The SMILES string of the molecule is Cc1ccccc1/C=C/C(=O)N1CCN(c2cc(N3CCCCC3)ncn2)CC1. The smallest absolute Gasteiger partial charge is 0.246 e. The monoisotopic (exact) mass is 391 g/mol. The van der Waals surface area contributed by atoms with Gasteiger partial charge in [-0.25, -0.2) is 9.97 Å². The van der Waals surface area contributed by atoms with Gasteiger partial charge in [-0.15, -0.1) is 0 Å². The molecule has 0 bridgehead atoms. The van der Waals surface area contributed by atoms with Gasteiger partial charge in [-0.1, -0.05) is 24.3 Å². The third-order valence-electron chi connectivity index (χ3n) is 5.83. The summed E-state index contributed by atoms with van der Waals surface area (Å²) in [5.74, 6) is 2.06. The highest BCUT2D eigenvalue weighted by molar-refractivity contribution is 5.92. The Morgan fingerprint density at radius 2 is 1.55 bits per heavy atom. The zero-order valence-corrected chi connectivity index (χ0v) is 17.1. The summed E-state index contributed by atoms with van der Waals surface area (Å²) in [5, 5.41) is 0. The van der Waals surface area contributed by atoms with Crippen LogP contribution in [0.4, 0.5) is 11.6 Å². The largest absolute Gasteiger partial charge is 0.356 e. The van der Waals surface area contributed by atoms with E-state index in [4.69, 9.17) is 0 Å². The topological polar surface area (TPSA) is 52.6 Å². The second kappa shape index (κ2) is 9.07. The lowest BCUT2D eigenvalue weighted by molar-refractivity contribution is -0.126. The fourth-order valence-electron chi connectivity index (χ4n) is 4.00. The summed E-state index contributed by atoms with van der Waals surface area (Å²) in [7, 11) is 0. The van der Waals surface area contributed by atoms with E-state index in [0.717, 1.165) is 43.4 Å². The maximum absolute atomic E-state index is 12.6. The average Bonchev–Trinajstić information content (AvgIpc) is 2.79. The molecule has 1 amide bonds. The van der Waals surface area contributed by atoms with Crippen LogP contribution in [0.3, 0.4) is 0 Å². The molecular formula is C23H29N5O. The van der Waals surface area contributed by atoms with E-state index in [-0.39, 0.29) is 5.91 Å². The number of piperidine rings is 1. The summed E-state index contributed by atoms with van der Waals surface area (Å²) in [6.45, 7) is 7.21. The molecule has 2 aliphatic heterocycles. The molecule has 0 radical (unpaired) electrons. The lowest BCUT2D eigenvalue weighted by Crippen LogP contribution is -2.48. The molecular weight excluding hydrogens is 362 g/mol. The van der Waals surface area contributed by atoms with Crippen LogP contribution in [0.2, 0.25) is 0 Å². The highest BCUT2D eigenvalue weighted by Gasteiger charge is 2.22. The predicted octanol–water partition coefficient (Wildman–Crippen LogP) is 3.14. The standard InChI is InChI=1S/C23H29N5O/c1-19-7-3-4-8-20(19)9-10-23(29)28-15-13-27(14-16-28)22-17-21(24-18-25-22)26-11-5-2-6-12-26/h3-4,7-10,17-18H,2,5-6,11-16H2,1H3/b10-9+. The van der Waals surface area contributed by atoms with Gasteiger partial charge in [-0.05, 0) is 43.4 Å². The van der Waals surface area contributed by atoms with Crippen molar-refractivity contribution in [2.75, 3.05) is 49.1 Å². The number of rotatable bonds is 4. The van der Waals surface area contributed by atoms with Gasteiger partial charge in [-0.3, -0.25) is 4.79 Å². The summed E-state index contributed by atoms with van der Waals surface area (Å²) in [6, 6.07) is 10.2. The van der Waals surface area contributed by atoms with Gasteiger partial charge in [0.15, 0.2) is 0 Å². The Labute approximate surface area is 172 Å². The van der Waals surface area contributed by atoms with E-state index in [1.54, 1.807) is 12.4 Å². The van der Waals surface area contributed by atoms with Gasteiger partial charge in [0.05, 0.1) is 0 Å². The zero-order chi connectivity index (χ0) is 20.1. The van der Waals surface area contributed by atoms with Crippen LogP contribution < -0.4 is 9.80 Å². The number of aromatic nitrogens is 2. The van der Waals surface area contributed by atoms with Crippen LogP contribution in [0, 0.1) is 6.92 Å². The molecule has 2 aliphatic rings. The molecule has 1 aromatic carbocycles. The first-order chi connectivity index (χ1) is 14.2. The average molecular weight is 392 g/mol. The fraction of sp³-hybridized carbons (Fsp3) is 0.435. The summed E-state index contributed by atoms with van der Waals surface area (Å²) >= 11 is 0. The van der Waals surface area contributed by atoms with Crippen LogP contribution in [-0.2, 0) is 4.79 Å². The van der Waals surface area contributed by atoms with Crippen LogP contribution >= 0.6 is 0 Å². The van der Waals surface area contributed by atoms with E-state index in [1.165, 1.54) is 24.8 Å². The Morgan fingerprint density at radius 1 is 0.897 bits per heavy atom. The van der Waals surface area contributed by atoms with Crippen molar-refractivity contribution in [2.24, 2.45) is 0 Å². The van der Waals surface area contributed by atoms with Gasteiger partial charge < -0.3 is 14.7 Å². The Bertz CT molecular complexity index is 867. The van der Waals surface area contributed by atoms with Crippen molar-refractivity contribution in [1.82, 2.24) is 14.9 Å². The van der Waals surface area contributed by atoms with Crippen molar-refractivity contribution in [1.29, 1.82) is 0 Å². The highest BCUT2D eigenvalue weighted by atomic mass is 16.2. The number of hydrogen-bond donors (Lipinski definition) is 0. The number of hydrogen-bond acceptors (Lipinski definition) is 5. The van der Waals surface area contributed by atoms with E-state index < -0.39 is 0 Å². The number of nitrogens with zero attached hydrogens (tertiary/aromatic N) is 5. The number of anilines is 2. The number of piperazine rings is 1. The second-order valence-electron chi connectivity index (χ2n) is 7.78. The lowest BCUT2D eigenvalue weighted by Gasteiger charge is -2.35. The maximum atomic E-state index is 12.6. The summed E-state index contributed by atoms with van der Waals surface area (Å²) in [4.78, 5) is 28.1. The maximum Gasteiger partial charge on any atom is 0.246 e. The van der Waals surface area contributed by atoms with Crippen LogP contribution in [-0.4, -0.2) is 60.0 Å². The van der Waals surface area contributed by atoms with Crippen LogP contribution in [0.1, 0.15) is 30.4 Å². The van der Waals surface area contributed by atoms with E-state index in [0.29, 0.717) is 13.1 Å². The van der Waals surface area contributed by atoms with Crippen LogP contribution in [0.25, 0.3) is 6.08 Å². The molecule has 2 saturated heterocycles. The van der Waals surface area contributed by atoms with Gasteiger partial charge in [0.1, 0.15) is 18.0 Å². The van der Waals surface area contributed by atoms with E-state index in [9.17, 15) is 4.79 Å². The molecule has 2 aromatic rings. The Hall–Kier alpha value is -2.89. The third kappa shape index (κ3) is 4.75. The van der Waals surface area contributed by atoms with Crippen LogP contribution in [0.5, 0.6) is 0 Å². The minimum absolute atomic E-state index is 0.0737. The van der Waals surface area contributed by atoms with Crippen molar-refractivity contribution in [3.63, 3.8) is 0 Å². The van der Waals surface area contributed by atoms with Crippen molar-refractivity contribution in [2.45, 2.75) is 26.2 Å². The number of aryl methyl sites for hydroxylation is 1. The molecule has 1 aromatic heterocycles. The van der Waals surface area contributed by atoms with Crippen molar-refractivity contribution in [3.05, 3.63) is 53.9 Å². The normalized spacial score (nSPS) is 17.8. The van der Waals surface area contributed by atoms with Crippen molar-refractivity contribution >= 4 is 23.6 Å². The first kappa shape index (κ1) is 19.4. The molecule has 3 heterocycles. The first-order valence-electron chi connectivity index (χ1n) is 10.6. The van der Waals surface area contributed by atoms with E-state index >= 15 is 0 Å². The molecule has 6 heteroatoms. The van der Waals surface area contributed by atoms with Crippen LogP contribution in [0.15, 0.2) is 42.7 Å². The predicted molar refractivity (Wildman–Crippen MR) is 117 cm³/mol. The molecule has 0 spiro atoms. The molecule has 6 nitrogen and oxygen atoms in total. The quantitative estimate of drug-likeness (QED) is 0.750. The minimum Gasteiger partial charge on any atom is -0.356 e. The lowest BCUT2D eigenvalue weighted by atomic mass is 10.1. The third-order valence-corrected chi connectivity index (χ3v) is 5.83. The molecule has 0 unspecified atom stereocenters. The summed E-state index contributed by atoms with van der Waals surface area (Å²) in [5.41, 5.74) is 2.26. The molecule has 4 rings (SSSR count). The number of carbonyl (C=O) groups is 1. The Kier molecular flexibility index (Phi) is 6.08. The van der Waals surface area contributed by atoms with Crippen molar-refractivity contribution in [3.8, 4) is 0 Å². The minimum atomic E-state index is 0.0737. The highest BCUT2D eigenvalue weighted by Crippen LogP contribution is 2.22. The summed E-state index contributed by atoms with van der Waals surface area (Å²) in [6.07, 6.45) is 9.05. The molecule has 0 N–H and O–H groups in total. The van der Waals surface area contributed by atoms with Gasteiger partial charge in [-0.2, -0.15) is 0 Å². The van der Waals surface area contributed by atoms with Gasteiger partial charge in [0, 0.05) is 51.4 Å². The van der Waals surface area contributed by atoms with Gasteiger partial charge >= 0.3 is 0 Å². The molecule has 0 atom stereocenters. The number of amides is 1. The number of benzene rings is 1. The second-order valence-corrected chi connectivity index (χ2v) is 7.78. The summed E-state index contributed by atoms with van der Waals surface area (Å²) < 4.78 is 0. The zero-order valence-electron chi connectivity index (χ0n) is 17.1. The van der Waals surface area contributed by atoms with Crippen molar-refractivity contribution < 1.29 is 4.79 Å². The molecule has 0 saturated carbocycles. The van der Waals surface area contributed by atoms with E-state index in [2.05, 4.69) is 38.8 Å². The Morgan fingerprint density at radius 3 is 2.24 bits per heavy atom. The molecule has 29 heavy (non-hydrogen) atoms. The molecule has 152 valence electrons. The van der Waals surface area contributed by atoms with Gasteiger partial charge in [0.2, 0.25) is 5.91 Å². The molecule has 2 fully saturated rings. The number of carbonyl (C=O) groups excluding carboxylic acids is 1. The molecule has 0 aliphatic carbocycles. The van der Waals surface area contributed by atoms with Gasteiger partial charge in [0.25, 0.3) is 0 Å². The van der Waals surface area contributed by atoms with E-state index in [1.807, 2.05) is 29.2 Å². The first-order valence-corrected chi connectivity index (χ1v) is 10.6. The fourth-order valence-corrected chi connectivity index (χ4v) is 4.00. The Balaban J connectivity index is 1.34.